The lowest BCUT2D eigenvalue weighted by Crippen LogP contribution is -2.46. The molecule has 2 aromatic heterocycles. The minimum atomic E-state index is -0.448. The lowest BCUT2D eigenvalue weighted by Gasteiger charge is -2.35. The summed E-state index contributed by atoms with van der Waals surface area (Å²) >= 11 is 0. The molecule has 2 aromatic rings. The second-order valence-corrected chi connectivity index (χ2v) is 5.56. The highest BCUT2D eigenvalue weighted by Gasteiger charge is 2.30. The van der Waals surface area contributed by atoms with Crippen LogP contribution < -0.4 is 0 Å². The number of fused-ring (bicyclic) bond motifs is 1. The van der Waals surface area contributed by atoms with E-state index < -0.39 is 6.10 Å². The Labute approximate surface area is 122 Å². The molecule has 1 aliphatic rings. The predicted molar refractivity (Wildman–Crippen MR) is 75.9 cm³/mol. The largest absolute Gasteiger partial charge is 0.391 e. The average Bonchev–Trinajstić information content (AvgIpc) is 2.96. The number of aromatic nitrogens is 4. The molecule has 112 valence electrons. The van der Waals surface area contributed by atoms with E-state index in [1.54, 1.807) is 16.5 Å². The first-order valence-electron chi connectivity index (χ1n) is 7.20. The first-order chi connectivity index (χ1) is 10.1. The maximum atomic E-state index is 12.7. The summed E-state index contributed by atoms with van der Waals surface area (Å²) in [4.78, 5) is 22.5. The van der Waals surface area contributed by atoms with Crippen molar-refractivity contribution in [2.75, 3.05) is 7.05 Å². The van der Waals surface area contributed by atoms with Crippen molar-refractivity contribution >= 4 is 11.7 Å². The van der Waals surface area contributed by atoms with Crippen LogP contribution in [0.5, 0.6) is 0 Å². The number of carbonyl (C=O) groups excluding carboxylic acids is 1. The zero-order valence-electron chi connectivity index (χ0n) is 12.2. The molecule has 1 fully saturated rings. The van der Waals surface area contributed by atoms with E-state index in [1.807, 2.05) is 6.92 Å². The molecule has 0 aliphatic heterocycles. The predicted octanol–water partition coefficient (Wildman–Crippen LogP) is 0.808. The molecule has 0 radical (unpaired) electrons. The van der Waals surface area contributed by atoms with E-state index in [4.69, 9.17) is 0 Å². The monoisotopic (exact) mass is 289 g/mol. The smallest absolute Gasteiger partial charge is 0.257 e. The Bertz CT molecular complexity index is 668. The van der Waals surface area contributed by atoms with Crippen LogP contribution in [0.4, 0.5) is 0 Å². The number of amides is 1. The molecule has 2 heterocycles. The van der Waals surface area contributed by atoms with E-state index in [2.05, 4.69) is 15.1 Å². The van der Waals surface area contributed by atoms with Gasteiger partial charge in [0.1, 0.15) is 6.33 Å². The van der Waals surface area contributed by atoms with Gasteiger partial charge in [-0.1, -0.05) is 12.8 Å². The Hall–Kier alpha value is -2.02. The minimum Gasteiger partial charge on any atom is -0.391 e. The van der Waals surface area contributed by atoms with Crippen LogP contribution in [0.3, 0.4) is 0 Å². The van der Waals surface area contributed by atoms with Gasteiger partial charge in [0.25, 0.3) is 11.7 Å². The average molecular weight is 289 g/mol. The topological polar surface area (TPSA) is 83.6 Å². The van der Waals surface area contributed by atoms with Crippen LogP contribution in [0.1, 0.15) is 41.7 Å². The van der Waals surface area contributed by atoms with Crippen molar-refractivity contribution in [3.63, 3.8) is 0 Å². The third kappa shape index (κ3) is 2.37. The molecule has 1 N–H and O–H groups in total. The molecule has 1 saturated carbocycles. The lowest BCUT2D eigenvalue weighted by atomic mass is 9.91. The summed E-state index contributed by atoms with van der Waals surface area (Å²) in [5, 5.41) is 14.2. The van der Waals surface area contributed by atoms with Gasteiger partial charge in [-0.05, 0) is 19.8 Å². The van der Waals surface area contributed by atoms with E-state index in [-0.39, 0.29) is 11.9 Å². The highest BCUT2D eigenvalue weighted by atomic mass is 16.3. The number of nitrogens with zero attached hydrogens (tertiary/aromatic N) is 5. The number of aliphatic hydroxyl groups is 1. The van der Waals surface area contributed by atoms with Gasteiger partial charge >= 0.3 is 0 Å². The van der Waals surface area contributed by atoms with E-state index in [0.717, 1.165) is 25.7 Å². The van der Waals surface area contributed by atoms with Gasteiger partial charge in [-0.25, -0.2) is 9.50 Å². The summed E-state index contributed by atoms with van der Waals surface area (Å²) in [5.41, 5.74) is 1.20. The molecule has 0 saturated heterocycles. The Morgan fingerprint density at radius 1 is 1.38 bits per heavy atom. The third-order valence-electron chi connectivity index (χ3n) is 4.29. The molecule has 3 rings (SSSR count). The van der Waals surface area contributed by atoms with Crippen molar-refractivity contribution in [2.24, 2.45) is 0 Å². The fourth-order valence-corrected chi connectivity index (χ4v) is 2.98. The number of likely N-dealkylation sites (N-methyl/N-ethyl adjacent to an activating group) is 1. The summed E-state index contributed by atoms with van der Waals surface area (Å²) in [7, 11) is 1.74. The van der Waals surface area contributed by atoms with Gasteiger partial charge in [0.05, 0.1) is 23.4 Å². The standard InChI is InChI=1S/C14H19N5O2/c1-9-10(7-15-14-16-8-17-19(9)14)13(21)18(2)11-5-3-4-6-12(11)20/h7-8,11-12,20H,3-6H2,1-2H3. The summed E-state index contributed by atoms with van der Waals surface area (Å²) < 4.78 is 1.55. The van der Waals surface area contributed by atoms with Gasteiger partial charge in [-0.3, -0.25) is 4.79 Å². The Kier molecular flexibility index (Phi) is 3.59. The molecule has 2 unspecified atom stereocenters. The Morgan fingerprint density at radius 3 is 2.90 bits per heavy atom. The first kappa shape index (κ1) is 13.9. The molecule has 7 nitrogen and oxygen atoms in total. The second kappa shape index (κ2) is 5.40. The molecule has 7 heteroatoms. The first-order valence-corrected chi connectivity index (χ1v) is 7.20. The molecule has 0 spiro atoms. The molecule has 21 heavy (non-hydrogen) atoms. The molecular weight excluding hydrogens is 270 g/mol. The molecular formula is C14H19N5O2. The molecule has 0 bridgehead atoms. The van der Waals surface area contributed by atoms with Gasteiger partial charge in [0.15, 0.2) is 0 Å². The summed E-state index contributed by atoms with van der Waals surface area (Å²) in [6.45, 7) is 1.82. The molecule has 1 aliphatic carbocycles. The summed E-state index contributed by atoms with van der Waals surface area (Å²) in [6, 6.07) is -0.128. The Balaban J connectivity index is 1.90. The van der Waals surface area contributed by atoms with Crippen LogP contribution in [0.25, 0.3) is 5.78 Å². The number of hydrogen-bond donors (Lipinski definition) is 1. The fourth-order valence-electron chi connectivity index (χ4n) is 2.98. The minimum absolute atomic E-state index is 0.128. The van der Waals surface area contributed by atoms with Crippen molar-refractivity contribution < 1.29 is 9.90 Å². The van der Waals surface area contributed by atoms with Gasteiger partial charge < -0.3 is 10.0 Å². The van der Waals surface area contributed by atoms with Crippen LogP contribution in [-0.2, 0) is 0 Å². The van der Waals surface area contributed by atoms with Crippen molar-refractivity contribution in [3.8, 4) is 0 Å². The summed E-state index contributed by atoms with van der Waals surface area (Å²) in [5.74, 6) is 0.341. The number of aliphatic hydroxyl groups excluding tert-OH is 1. The quantitative estimate of drug-likeness (QED) is 0.884. The van der Waals surface area contributed by atoms with Crippen LogP contribution in [0.2, 0.25) is 0 Å². The van der Waals surface area contributed by atoms with E-state index in [1.165, 1.54) is 12.5 Å². The lowest BCUT2D eigenvalue weighted by molar-refractivity contribution is 0.0267. The van der Waals surface area contributed by atoms with Gasteiger partial charge in [-0.15, -0.1) is 0 Å². The van der Waals surface area contributed by atoms with Crippen LogP contribution in [-0.4, -0.2) is 54.7 Å². The van der Waals surface area contributed by atoms with Crippen LogP contribution in [0, 0.1) is 6.92 Å². The van der Waals surface area contributed by atoms with Crippen molar-refractivity contribution in [3.05, 3.63) is 23.8 Å². The van der Waals surface area contributed by atoms with Gasteiger partial charge in [0, 0.05) is 13.2 Å². The van der Waals surface area contributed by atoms with Crippen LogP contribution in [0.15, 0.2) is 12.5 Å². The number of hydrogen-bond acceptors (Lipinski definition) is 5. The fraction of sp³-hybridized carbons (Fsp3) is 0.571. The zero-order chi connectivity index (χ0) is 15.0. The van der Waals surface area contributed by atoms with E-state index in [9.17, 15) is 9.90 Å². The normalized spacial score (nSPS) is 22.4. The molecule has 1 amide bonds. The van der Waals surface area contributed by atoms with Crippen molar-refractivity contribution in [2.45, 2.75) is 44.8 Å². The molecule has 0 aromatic carbocycles. The Morgan fingerprint density at radius 2 is 2.14 bits per heavy atom. The van der Waals surface area contributed by atoms with Crippen molar-refractivity contribution in [1.82, 2.24) is 24.5 Å². The molecule has 2 atom stereocenters. The maximum Gasteiger partial charge on any atom is 0.257 e. The highest BCUT2D eigenvalue weighted by Crippen LogP contribution is 2.24. The number of rotatable bonds is 2. The second-order valence-electron chi connectivity index (χ2n) is 5.56. The highest BCUT2D eigenvalue weighted by molar-refractivity contribution is 5.95. The van der Waals surface area contributed by atoms with E-state index in [0.29, 0.717) is 17.0 Å². The number of carbonyl (C=O) groups is 1. The van der Waals surface area contributed by atoms with Crippen LogP contribution >= 0.6 is 0 Å². The van der Waals surface area contributed by atoms with Gasteiger partial charge in [0.2, 0.25) is 0 Å². The summed E-state index contributed by atoms with van der Waals surface area (Å²) in [6.07, 6.45) is 6.15. The third-order valence-corrected chi connectivity index (χ3v) is 4.29. The van der Waals surface area contributed by atoms with Gasteiger partial charge in [-0.2, -0.15) is 10.1 Å². The maximum absolute atomic E-state index is 12.7. The van der Waals surface area contributed by atoms with E-state index >= 15 is 0 Å². The van der Waals surface area contributed by atoms with Crippen molar-refractivity contribution in [1.29, 1.82) is 0 Å². The SMILES string of the molecule is Cc1c(C(=O)N(C)C2CCCCC2O)cnc2ncnn12. The number of aryl methyl sites for hydroxylation is 1. The zero-order valence-corrected chi connectivity index (χ0v) is 12.2.